The van der Waals surface area contributed by atoms with Gasteiger partial charge in [0.15, 0.2) is 5.96 Å². The van der Waals surface area contributed by atoms with Crippen LogP contribution in [0, 0.1) is 17.1 Å². The van der Waals surface area contributed by atoms with Gasteiger partial charge in [0.25, 0.3) is 0 Å². The number of nitrogens with zero attached hydrogens (tertiary/aromatic N) is 2. The highest BCUT2D eigenvalue weighted by atomic mass is 127. The monoisotopic (exact) mass is 424 g/mol. The first-order valence-corrected chi connectivity index (χ1v) is 6.96. The maximum atomic E-state index is 13.6. The second kappa shape index (κ2) is 9.10. The molecule has 0 atom stereocenters. The number of nitriles is 1. The molecule has 120 valence electrons. The summed E-state index contributed by atoms with van der Waals surface area (Å²) in [5.41, 5.74) is 8.58. The first-order valence-electron chi connectivity index (χ1n) is 6.96. The van der Waals surface area contributed by atoms with Crippen LogP contribution >= 0.6 is 24.0 Å². The summed E-state index contributed by atoms with van der Waals surface area (Å²) in [7, 11) is 0. The lowest BCUT2D eigenvalue weighted by atomic mass is 10.1. The van der Waals surface area contributed by atoms with Crippen LogP contribution in [-0.4, -0.2) is 5.96 Å². The summed E-state index contributed by atoms with van der Waals surface area (Å²) in [4.78, 5) is 4.12. The fourth-order valence-electron chi connectivity index (χ4n) is 1.99. The van der Waals surface area contributed by atoms with Crippen LogP contribution in [0.3, 0.4) is 0 Å². The van der Waals surface area contributed by atoms with Crippen LogP contribution in [0.4, 0.5) is 10.1 Å². The standard InChI is InChI=1S/C17H17FN4.HI/c1-2-12-4-3-5-15(9-12)22-17(20)21-11-14-8-13(10-19)6-7-16(14)18;/h3-9H,2,11H2,1H3,(H3,20,21,22);1H. The molecule has 0 radical (unpaired) electrons. The summed E-state index contributed by atoms with van der Waals surface area (Å²) >= 11 is 0. The Kier molecular flexibility index (Phi) is 7.48. The number of nitrogens with two attached hydrogens (primary N) is 1. The lowest BCUT2D eigenvalue weighted by Gasteiger charge is -2.07. The van der Waals surface area contributed by atoms with Crippen molar-refractivity contribution in [2.45, 2.75) is 19.9 Å². The second-order valence-electron chi connectivity index (χ2n) is 4.80. The van der Waals surface area contributed by atoms with E-state index in [1.54, 1.807) is 0 Å². The predicted molar refractivity (Wildman–Crippen MR) is 101 cm³/mol. The maximum Gasteiger partial charge on any atom is 0.193 e. The van der Waals surface area contributed by atoms with Crippen molar-refractivity contribution >= 4 is 35.6 Å². The van der Waals surface area contributed by atoms with E-state index in [0.717, 1.165) is 12.1 Å². The molecule has 4 nitrogen and oxygen atoms in total. The van der Waals surface area contributed by atoms with E-state index in [-0.39, 0.29) is 36.5 Å². The van der Waals surface area contributed by atoms with Crippen LogP contribution in [0.25, 0.3) is 0 Å². The number of guanidine groups is 1. The zero-order valence-corrected chi connectivity index (χ0v) is 15.0. The Morgan fingerprint density at radius 1 is 1.30 bits per heavy atom. The number of nitrogens with one attached hydrogen (secondary N) is 1. The average Bonchev–Trinajstić information content (AvgIpc) is 2.54. The van der Waals surface area contributed by atoms with E-state index in [4.69, 9.17) is 11.0 Å². The van der Waals surface area contributed by atoms with Crippen molar-refractivity contribution in [1.29, 1.82) is 5.26 Å². The van der Waals surface area contributed by atoms with Gasteiger partial charge in [-0.25, -0.2) is 9.38 Å². The zero-order valence-electron chi connectivity index (χ0n) is 12.7. The van der Waals surface area contributed by atoms with E-state index < -0.39 is 5.82 Å². The molecule has 0 saturated heterocycles. The Balaban J connectivity index is 0.00000264. The SMILES string of the molecule is CCc1cccc(NC(N)=NCc2cc(C#N)ccc2F)c1.I. The van der Waals surface area contributed by atoms with Crippen LogP contribution in [0.2, 0.25) is 0 Å². The number of aliphatic imine (C=N–C) groups is 1. The molecule has 0 aliphatic heterocycles. The minimum Gasteiger partial charge on any atom is -0.370 e. The number of hydrogen-bond acceptors (Lipinski definition) is 2. The van der Waals surface area contributed by atoms with Crippen molar-refractivity contribution in [1.82, 2.24) is 0 Å². The van der Waals surface area contributed by atoms with E-state index in [0.29, 0.717) is 11.1 Å². The van der Waals surface area contributed by atoms with Crippen LogP contribution in [-0.2, 0) is 13.0 Å². The minimum atomic E-state index is -0.400. The number of rotatable bonds is 4. The molecule has 2 aromatic carbocycles. The smallest absolute Gasteiger partial charge is 0.193 e. The van der Waals surface area contributed by atoms with Gasteiger partial charge in [0.2, 0.25) is 0 Å². The summed E-state index contributed by atoms with van der Waals surface area (Å²) in [6.07, 6.45) is 0.929. The molecule has 0 aliphatic carbocycles. The Bertz CT molecular complexity index is 738. The zero-order chi connectivity index (χ0) is 15.9. The molecule has 0 aliphatic rings. The fraction of sp³-hybridized carbons (Fsp3) is 0.176. The molecule has 0 unspecified atom stereocenters. The van der Waals surface area contributed by atoms with Crippen molar-refractivity contribution in [3.63, 3.8) is 0 Å². The Labute approximate surface area is 152 Å². The third kappa shape index (κ3) is 5.53. The van der Waals surface area contributed by atoms with Gasteiger partial charge < -0.3 is 11.1 Å². The quantitative estimate of drug-likeness (QED) is 0.446. The van der Waals surface area contributed by atoms with Crippen LogP contribution < -0.4 is 11.1 Å². The molecule has 0 fully saturated rings. The van der Waals surface area contributed by atoms with Crippen molar-refractivity contribution in [2.75, 3.05) is 5.32 Å². The third-order valence-corrected chi connectivity index (χ3v) is 3.20. The highest BCUT2D eigenvalue weighted by molar-refractivity contribution is 14.0. The molecule has 0 heterocycles. The highest BCUT2D eigenvalue weighted by Gasteiger charge is 2.03. The number of hydrogen-bond donors (Lipinski definition) is 2. The minimum absolute atomic E-state index is 0. The summed E-state index contributed by atoms with van der Waals surface area (Å²) < 4.78 is 13.6. The van der Waals surface area contributed by atoms with Gasteiger partial charge >= 0.3 is 0 Å². The lowest BCUT2D eigenvalue weighted by molar-refractivity contribution is 0.610. The molecule has 0 saturated carbocycles. The number of aryl methyl sites for hydroxylation is 1. The molecule has 2 aromatic rings. The first-order chi connectivity index (χ1) is 10.6. The average molecular weight is 424 g/mol. The highest BCUT2D eigenvalue weighted by Crippen LogP contribution is 2.13. The van der Waals surface area contributed by atoms with Crippen LogP contribution in [0.5, 0.6) is 0 Å². The largest absolute Gasteiger partial charge is 0.370 e. The second-order valence-corrected chi connectivity index (χ2v) is 4.80. The van der Waals surface area contributed by atoms with Crippen molar-refractivity contribution in [3.05, 3.63) is 65.0 Å². The Morgan fingerprint density at radius 3 is 2.78 bits per heavy atom. The third-order valence-electron chi connectivity index (χ3n) is 3.20. The molecule has 0 amide bonds. The normalized spacial score (nSPS) is 10.6. The molecule has 3 N–H and O–H groups in total. The summed E-state index contributed by atoms with van der Waals surface area (Å²) in [6.45, 7) is 2.15. The van der Waals surface area contributed by atoms with E-state index in [1.165, 1.54) is 23.8 Å². The molecular weight excluding hydrogens is 406 g/mol. The fourth-order valence-corrected chi connectivity index (χ4v) is 1.99. The molecule has 0 bridgehead atoms. The van der Waals surface area contributed by atoms with Gasteiger partial charge in [-0.15, -0.1) is 24.0 Å². The summed E-state index contributed by atoms with van der Waals surface area (Å²) in [5, 5.41) is 11.8. The van der Waals surface area contributed by atoms with Crippen molar-refractivity contribution in [2.24, 2.45) is 10.7 Å². The van der Waals surface area contributed by atoms with Gasteiger partial charge in [0.1, 0.15) is 5.82 Å². The van der Waals surface area contributed by atoms with Crippen molar-refractivity contribution in [3.8, 4) is 6.07 Å². The van der Waals surface area contributed by atoms with Crippen LogP contribution in [0.1, 0.15) is 23.6 Å². The molecular formula is C17H18FIN4. The van der Waals surface area contributed by atoms with Crippen LogP contribution in [0.15, 0.2) is 47.5 Å². The summed E-state index contributed by atoms with van der Waals surface area (Å²) in [5.74, 6) is -0.196. The Hall–Kier alpha value is -2.14. The summed E-state index contributed by atoms with van der Waals surface area (Å²) in [6, 6.07) is 14.0. The van der Waals surface area contributed by atoms with Gasteiger partial charge in [-0.2, -0.15) is 5.26 Å². The van der Waals surface area contributed by atoms with E-state index in [9.17, 15) is 4.39 Å². The molecule has 23 heavy (non-hydrogen) atoms. The van der Waals surface area contributed by atoms with Gasteiger partial charge in [-0.05, 0) is 42.3 Å². The number of benzene rings is 2. The number of halogens is 2. The maximum absolute atomic E-state index is 13.6. The molecule has 0 aromatic heterocycles. The van der Waals surface area contributed by atoms with E-state index in [2.05, 4.69) is 17.2 Å². The molecule has 0 spiro atoms. The van der Waals surface area contributed by atoms with Gasteiger partial charge in [0.05, 0.1) is 18.2 Å². The van der Waals surface area contributed by atoms with E-state index >= 15 is 0 Å². The van der Waals surface area contributed by atoms with E-state index in [1.807, 2.05) is 30.3 Å². The van der Waals surface area contributed by atoms with Gasteiger partial charge in [0, 0.05) is 11.3 Å². The lowest BCUT2D eigenvalue weighted by Crippen LogP contribution is -2.22. The topological polar surface area (TPSA) is 74.2 Å². The van der Waals surface area contributed by atoms with Crippen molar-refractivity contribution < 1.29 is 4.39 Å². The number of anilines is 1. The Morgan fingerprint density at radius 2 is 2.09 bits per heavy atom. The van der Waals surface area contributed by atoms with Gasteiger partial charge in [-0.1, -0.05) is 19.1 Å². The molecule has 6 heteroatoms. The molecule has 2 rings (SSSR count). The predicted octanol–water partition coefficient (Wildman–Crippen LogP) is 3.80. The van der Waals surface area contributed by atoms with Gasteiger partial charge in [-0.3, -0.25) is 0 Å². The first kappa shape index (κ1) is 18.9.